The summed E-state index contributed by atoms with van der Waals surface area (Å²) in [5, 5.41) is 23.1. The molecule has 0 aromatic carbocycles. The Balaban J connectivity index is 3.51. The number of ether oxygens (including phenoxy) is 1. The summed E-state index contributed by atoms with van der Waals surface area (Å²) in [5.41, 5.74) is 0. The van der Waals surface area contributed by atoms with Crippen molar-refractivity contribution >= 4 is 11.9 Å². The highest BCUT2D eigenvalue weighted by Crippen LogP contribution is 2.17. The molecule has 6 heteroatoms. The zero-order valence-electron chi connectivity index (χ0n) is 45.1. The summed E-state index contributed by atoms with van der Waals surface area (Å²) in [5.74, 6) is -0.122. The predicted octanol–water partition coefficient (Wildman–Crippen LogP) is 18.6. The van der Waals surface area contributed by atoms with Crippen LogP contribution in [-0.2, 0) is 14.3 Å². The van der Waals surface area contributed by atoms with E-state index in [4.69, 9.17) is 4.74 Å². The third-order valence-electron chi connectivity index (χ3n) is 14.0. The van der Waals surface area contributed by atoms with Crippen molar-refractivity contribution in [2.45, 2.75) is 341 Å². The second-order valence-electron chi connectivity index (χ2n) is 20.7. The third kappa shape index (κ3) is 53.5. The predicted molar refractivity (Wildman–Crippen MR) is 292 cm³/mol. The maximum atomic E-state index is 12.5. The number of esters is 1. The van der Waals surface area contributed by atoms with Gasteiger partial charge in [-0.05, 0) is 57.8 Å². The zero-order valence-corrected chi connectivity index (χ0v) is 45.1. The fourth-order valence-electron chi connectivity index (χ4n) is 9.34. The van der Waals surface area contributed by atoms with E-state index in [0.717, 1.165) is 83.5 Å². The minimum absolute atomic E-state index is 0.0276. The number of nitrogens with one attached hydrogen (secondary N) is 1. The van der Waals surface area contributed by atoms with Crippen LogP contribution in [0, 0.1) is 0 Å². The number of aliphatic hydroxyl groups excluding tert-OH is 2. The Morgan fingerprint density at radius 1 is 0.403 bits per heavy atom. The molecule has 0 aliphatic heterocycles. The van der Waals surface area contributed by atoms with Crippen LogP contribution >= 0.6 is 0 Å². The van der Waals surface area contributed by atoms with Crippen molar-refractivity contribution in [3.63, 3.8) is 0 Å². The molecule has 0 fully saturated rings. The van der Waals surface area contributed by atoms with Crippen LogP contribution in [0.1, 0.15) is 328 Å². The summed E-state index contributed by atoms with van der Waals surface area (Å²) in [6, 6.07) is -0.649. The molecule has 0 rings (SSSR count). The highest BCUT2D eigenvalue weighted by molar-refractivity contribution is 5.76. The van der Waals surface area contributed by atoms with Crippen LogP contribution in [0.25, 0.3) is 0 Å². The molecule has 2 atom stereocenters. The van der Waals surface area contributed by atoms with Crippen LogP contribution in [-0.4, -0.2) is 47.4 Å². The number of rotatable bonds is 56. The van der Waals surface area contributed by atoms with Gasteiger partial charge in [0.1, 0.15) is 0 Å². The minimum atomic E-state index is -0.863. The van der Waals surface area contributed by atoms with Gasteiger partial charge in [-0.3, -0.25) is 9.59 Å². The Bertz CT molecular complexity index is 1040. The monoisotopic (exact) mass is 944 g/mol. The van der Waals surface area contributed by atoms with E-state index in [1.54, 1.807) is 6.08 Å². The first-order valence-electron chi connectivity index (χ1n) is 30.1. The Labute approximate surface area is 418 Å². The number of hydrogen-bond acceptors (Lipinski definition) is 5. The number of carbonyl (C=O) groups excluding carboxylic acids is 2. The summed E-state index contributed by atoms with van der Waals surface area (Å²) in [6.07, 6.45) is 69.2. The standard InChI is InChI=1S/C61H117NO5/c1-3-5-7-9-11-13-15-17-19-21-23-25-26-28-30-33-37-41-45-49-53-59(64)58(57-63)62-60(65)54-50-46-42-38-34-32-36-40-44-48-52-56-67-61(66)55-51-47-43-39-35-31-29-27-24-22-20-18-16-14-12-10-8-6-4-2/h36,40,49,53,58-59,63-64H,3-35,37-39,41-48,50-52,54-57H2,1-2H3,(H,62,65)/b40-36-,53-49+. The molecule has 0 aromatic heterocycles. The van der Waals surface area contributed by atoms with Crippen molar-refractivity contribution < 1.29 is 24.5 Å². The summed E-state index contributed by atoms with van der Waals surface area (Å²) >= 11 is 0. The molecule has 6 nitrogen and oxygen atoms in total. The molecule has 0 aliphatic rings. The largest absolute Gasteiger partial charge is 0.466 e. The van der Waals surface area contributed by atoms with E-state index < -0.39 is 12.1 Å². The topological polar surface area (TPSA) is 95.9 Å². The van der Waals surface area contributed by atoms with E-state index in [1.165, 1.54) is 218 Å². The Kier molecular flexibility index (Phi) is 55.5. The molecule has 67 heavy (non-hydrogen) atoms. The molecule has 0 aromatic rings. The molecule has 396 valence electrons. The van der Waals surface area contributed by atoms with Crippen molar-refractivity contribution in [2.24, 2.45) is 0 Å². The minimum Gasteiger partial charge on any atom is -0.466 e. The highest BCUT2D eigenvalue weighted by atomic mass is 16.5. The lowest BCUT2D eigenvalue weighted by Gasteiger charge is -2.20. The Hall–Kier alpha value is -1.66. The molecule has 2 unspecified atom stereocenters. The summed E-state index contributed by atoms with van der Waals surface area (Å²) < 4.78 is 5.46. The number of hydrogen-bond donors (Lipinski definition) is 3. The first-order chi connectivity index (χ1) is 33.0. The van der Waals surface area contributed by atoms with Crippen LogP contribution in [0.5, 0.6) is 0 Å². The van der Waals surface area contributed by atoms with Gasteiger partial charge in [0.2, 0.25) is 5.91 Å². The number of allylic oxidation sites excluding steroid dienone is 3. The molecule has 0 aliphatic carbocycles. The van der Waals surface area contributed by atoms with Crippen LogP contribution < -0.4 is 5.32 Å². The van der Waals surface area contributed by atoms with Gasteiger partial charge in [0.15, 0.2) is 0 Å². The third-order valence-corrected chi connectivity index (χ3v) is 14.0. The molecule has 0 saturated carbocycles. The first kappa shape index (κ1) is 65.3. The molecule has 0 saturated heterocycles. The van der Waals surface area contributed by atoms with Crippen molar-refractivity contribution in [1.29, 1.82) is 0 Å². The normalized spacial score (nSPS) is 12.7. The quantitative estimate of drug-likeness (QED) is 0.0321. The van der Waals surface area contributed by atoms with Crippen LogP contribution in [0.4, 0.5) is 0 Å². The van der Waals surface area contributed by atoms with Gasteiger partial charge in [0, 0.05) is 12.8 Å². The van der Waals surface area contributed by atoms with Gasteiger partial charge in [-0.25, -0.2) is 0 Å². The van der Waals surface area contributed by atoms with Gasteiger partial charge in [-0.2, -0.15) is 0 Å². The second kappa shape index (κ2) is 56.9. The van der Waals surface area contributed by atoms with E-state index in [0.29, 0.717) is 19.4 Å². The van der Waals surface area contributed by atoms with Crippen LogP contribution in [0.2, 0.25) is 0 Å². The van der Waals surface area contributed by atoms with Crippen molar-refractivity contribution in [3.05, 3.63) is 24.3 Å². The van der Waals surface area contributed by atoms with Gasteiger partial charge in [-0.1, -0.05) is 282 Å². The number of aliphatic hydroxyl groups is 2. The summed E-state index contributed by atoms with van der Waals surface area (Å²) in [7, 11) is 0. The van der Waals surface area contributed by atoms with Gasteiger partial charge >= 0.3 is 5.97 Å². The molecule has 3 N–H and O–H groups in total. The second-order valence-corrected chi connectivity index (χ2v) is 20.7. The van der Waals surface area contributed by atoms with E-state index in [-0.39, 0.29) is 18.5 Å². The molecule has 0 radical (unpaired) electrons. The maximum absolute atomic E-state index is 12.5. The fourth-order valence-corrected chi connectivity index (χ4v) is 9.34. The van der Waals surface area contributed by atoms with Gasteiger partial charge < -0.3 is 20.3 Å². The Morgan fingerprint density at radius 2 is 0.701 bits per heavy atom. The van der Waals surface area contributed by atoms with E-state index >= 15 is 0 Å². The van der Waals surface area contributed by atoms with Crippen LogP contribution in [0.3, 0.4) is 0 Å². The average molecular weight is 945 g/mol. The average Bonchev–Trinajstić information content (AvgIpc) is 3.33. The van der Waals surface area contributed by atoms with E-state index in [1.807, 2.05) is 6.08 Å². The van der Waals surface area contributed by atoms with Crippen LogP contribution in [0.15, 0.2) is 24.3 Å². The van der Waals surface area contributed by atoms with Crippen molar-refractivity contribution in [3.8, 4) is 0 Å². The lowest BCUT2D eigenvalue weighted by atomic mass is 10.0. The first-order valence-corrected chi connectivity index (χ1v) is 30.1. The molecular formula is C61H117NO5. The number of carbonyl (C=O) groups is 2. The smallest absolute Gasteiger partial charge is 0.305 e. The summed E-state index contributed by atoms with van der Waals surface area (Å²) in [4.78, 5) is 24.6. The molecule has 1 amide bonds. The lowest BCUT2D eigenvalue weighted by Crippen LogP contribution is -2.45. The number of amides is 1. The zero-order chi connectivity index (χ0) is 48.6. The highest BCUT2D eigenvalue weighted by Gasteiger charge is 2.18. The molecule has 0 bridgehead atoms. The maximum Gasteiger partial charge on any atom is 0.305 e. The lowest BCUT2D eigenvalue weighted by molar-refractivity contribution is -0.143. The molecular weight excluding hydrogens is 827 g/mol. The Morgan fingerprint density at radius 3 is 1.06 bits per heavy atom. The van der Waals surface area contributed by atoms with E-state index in [9.17, 15) is 19.8 Å². The van der Waals surface area contributed by atoms with Gasteiger partial charge in [0.25, 0.3) is 0 Å². The van der Waals surface area contributed by atoms with Gasteiger partial charge in [-0.15, -0.1) is 0 Å². The van der Waals surface area contributed by atoms with Crippen molar-refractivity contribution in [1.82, 2.24) is 5.32 Å². The number of unbranched alkanes of at least 4 members (excludes halogenated alkanes) is 43. The van der Waals surface area contributed by atoms with E-state index in [2.05, 4.69) is 31.3 Å². The SMILES string of the molecule is CCCCCCCCCCCCCCCCCCCC/C=C/C(O)C(CO)NC(=O)CCCCCCC/C=C\CCCCOC(=O)CCCCCCCCCCCCCCCCCCCCC. The fraction of sp³-hybridized carbons (Fsp3) is 0.902. The van der Waals surface area contributed by atoms with Crippen molar-refractivity contribution in [2.75, 3.05) is 13.2 Å². The molecule has 0 heterocycles. The molecule has 0 spiro atoms. The summed E-state index contributed by atoms with van der Waals surface area (Å²) in [6.45, 7) is 4.85. The van der Waals surface area contributed by atoms with Gasteiger partial charge in [0.05, 0.1) is 25.4 Å².